The predicted octanol–water partition coefficient (Wildman–Crippen LogP) is 9.30. The van der Waals surface area contributed by atoms with Crippen molar-refractivity contribution >= 4 is 56.5 Å². The number of halogens is 3. The van der Waals surface area contributed by atoms with Crippen molar-refractivity contribution in [2.24, 2.45) is 10.8 Å². The minimum absolute atomic E-state index is 0.0526. The molecule has 0 saturated carbocycles. The van der Waals surface area contributed by atoms with E-state index in [9.17, 15) is 18.0 Å². The zero-order chi connectivity index (χ0) is 33.2. The molecule has 3 aliphatic rings. The molecule has 0 fully saturated rings. The van der Waals surface area contributed by atoms with Crippen LogP contribution in [-0.2, 0) is 26.3 Å². The zero-order valence-corrected chi connectivity index (χ0v) is 29.1. The Morgan fingerprint density at radius 1 is 0.761 bits per heavy atom. The Balaban J connectivity index is 1.61. The van der Waals surface area contributed by atoms with Crippen molar-refractivity contribution in [3.8, 4) is 5.75 Å². The molecule has 6 rings (SSSR count). The van der Waals surface area contributed by atoms with E-state index in [4.69, 9.17) is 39.0 Å². The van der Waals surface area contributed by atoms with Crippen LogP contribution in [0.15, 0.2) is 94.2 Å². The second-order valence-corrected chi connectivity index (χ2v) is 16.7. The van der Waals surface area contributed by atoms with E-state index in [1.807, 2.05) is 30.3 Å². The lowest BCUT2D eigenvalue weighted by molar-refractivity contribution is -0.119. The van der Waals surface area contributed by atoms with Crippen molar-refractivity contribution in [1.82, 2.24) is 4.90 Å². The Morgan fingerprint density at radius 3 is 1.85 bits per heavy atom. The average molecular weight is 699 g/mol. The first-order chi connectivity index (χ1) is 21.6. The summed E-state index contributed by atoms with van der Waals surface area (Å²) in [6, 6.07) is 18.5. The lowest BCUT2D eigenvalue weighted by atomic mass is 9.63. The van der Waals surface area contributed by atoms with Gasteiger partial charge in [0.15, 0.2) is 17.3 Å². The van der Waals surface area contributed by atoms with Crippen molar-refractivity contribution < 1.29 is 22.2 Å². The number of allylic oxidation sites excluding steroid dienone is 4. The molecule has 0 atom stereocenters. The molecule has 3 aromatic rings. The standard InChI is InChI=1S/C36H34Cl3NO5S/c1-35(2)16-27-32(29(41)18-35)31(33-28(17-36(3,4)19-30(33)42)40(27)20-21-8-6-5-7-9-21)25-14-23(38)15-26(39)34(25)45-46(43,44)24-12-10-22(37)11-13-24/h5-15,31H,16-20H2,1-4H3. The average Bonchev–Trinajstić information content (AvgIpc) is 2.94. The van der Waals surface area contributed by atoms with Gasteiger partial charge in [0.1, 0.15) is 4.90 Å². The van der Waals surface area contributed by atoms with Gasteiger partial charge in [-0.1, -0.05) is 92.8 Å². The lowest BCUT2D eigenvalue weighted by Crippen LogP contribution is -2.44. The van der Waals surface area contributed by atoms with Gasteiger partial charge >= 0.3 is 10.1 Å². The minimum Gasteiger partial charge on any atom is -0.377 e. The second kappa shape index (κ2) is 11.9. The van der Waals surface area contributed by atoms with Gasteiger partial charge < -0.3 is 9.08 Å². The molecule has 0 radical (unpaired) electrons. The largest absolute Gasteiger partial charge is 0.377 e. The quantitative estimate of drug-likeness (QED) is 0.239. The maximum Gasteiger partial charge on any atom is 0.339 e. The minimum atomic E-state index is -4.40. The molecule has 0 amide bonds. The highest BCUT2D eigenvalue weighted by Crippen LogP contribution is 2.57. The maximum atomic E-state index is 14.3. The normalized spacial score (nSPS) is 19.7. The fraction of sp³-hybridized carbons (Fsp3) is 0.333. The lowest BCUT2D eigenvalue weighted by Gasteiger charge is -2.49. The van der Waals surface area contributed by atoms with Crippen molar-refractivity contribution in [2.45, 2.75) is 70.7 Å². The summed E-state index contributed by atoms with van der Waals surface area (Å²) in [5.74, 6) is -1.31. The van der Waals surface area contributed by atoms with Crippen molar-refractivity contribution in [3.63, 3.8) is 0 Å². The number of Topliss-reactive ketones (excluding diaryl/α,β-unsaturated/α-hetero) is 2. The van der Waals surface area contributed by atoms with E-state index in [-0.39, 0.29) is 61.5 Å². The van der Waals surface area contributed by atoms with Crippen molar-refractivity contribution in [3.05, 3.63) is 115 Å². The van der Waals surface area contributed by atoms with Gasteiger partial charge in [-0.25, -0.2) is 0 Å². The second-order valence-electron chi connectivity index (χ2n) is 13.9. The fourth-order valence-corrected chi connectivity index (χ4v) is 8.65. The van der Waals surface area contributed by atoms with Crippen LogP contribution in [0, 0.1) is 10.8 Å². The summed E-state index contributed by atoms with van der Waals surface area (Å²) < 4.78 is 33.0. The van der Waals surface area contributed by atoms with Crippen LogP contribution in [0.1, 0.15) is 70.4 Å². The highest BCUT2D eigenvalue weighted by molar-refractivity contribution is 7.87. The van der Waals surface area contributed by atoms with Crippen molar-refractivity contribution in [1.29, 1.82) is 0 Å². The molecule has 10 heteroatoms. The van der Waals surface area contributed by atoms with Gasteiger partial charge in [0.2, 0.25) is 0 Å². The Bertz CT molecular complexity index is 1880. The number of hydrogen-bond acceptors (Lipinski definition) is 6. The van der Waals surface area contributed by atoms with Crippen LogP contribution in [0.4, 0.5) is 0 Å². The van der Waals surface area contributed by atoms with E-state index in [0.29, 0.717) is 35.6 Å². The molecule has 0 unspecified atom stereocenters. The number of rotatable bonds is 6. The summed E-state index contributed by atoms with van der Waals surface area (Å²) in [6.07, 6.45) is 1.68. The first-order valence-corrected chi connectivity index (χ1v) is 17.6. The molecule has 0 saturated heterocycles. The molecular weight excluding hydrogens is 665 g/mol. The molecule has 46 heavy (non-hydrogen) atoms. The van der Waals surface area contributed by atoms with Gasteiger partial charge in [-0.2, -0.15) is 8.42 Å². The third-order valence-corrected chi connectivity index (χ3v) is 10.8. The summed E-state index contributed by atoms with van der Waals surface area (Å²) in [4.78, 5) is 30.6. The summed E-state index contributed by atoms with van der Waals surface area (Å²) in [7, 11) is -4.40. The Labute approximate surface area is 285 Å². The Hall–Kier alpha value is -3.10. The van der Waals surface area contributed by atoms with Crippen LogP contribution in [0.2, 0.25) is 15.1 Å². The predicted molar refractivity (Wildman–Crippen MR) is 181 cm³/mol. The van der Waals surface area contributed by atoms with Gasteiger partial charge in [-0.15, -0.1) is 0 Å². The van der Waals surface area contributed by atoms with Crippen LogP contribution >= 0.6 is 34.8 Å². The first-order valence-electron chi connectivity index (χ1n) is 15.1. The molecule has 0 spiro atoms. The van der Waals surface area contributed by atoms with Crippen molar-refractivity contribution in [2.75, 3.05) is 0 Å². The Kier molecular flexibility index (Phi) is 8.46. The molecule has 0 bridgehead atoms. The number of ketones is 2. The van der Waals surface area contributed by atoms with Gasteiger partial charge in [-0.3, -0.25) is 9.59 Å². The first kappa shape index (κ1) is 32.8. The fourth-order valence-electron chi connectivity index (χ4n) is 6.96. The highest BCUT2D eigenvalue weighted by Gasteiger charge is 2.50. The number of nitrogens with zero attached hydrogens (tertiary/aromatic N) is 1. The number of carbonyl (C=O) groups excluding carboxylic acids is 2. The molecule has 6 nitrogen and oxygen atoms in total. The summed E-state index contributed by atoms with van der Waals surface area (Å²) in [5, 5.41) is 0.533. The number of hydrogen-bond donors (Lipinski definition) is 0. The molecule has 240 valence electrons. The molecule has 0 aromatic heterocycles. The maximum absolute atomic E-state index is 14.3. The van der Waals surface area contributed by atoms with E-state index in [1.54, 1.807) is 6.07 Å². The van der Waals surface area contributed by atoms with E-state index in [0.717, 1.165) is 17.0 Å². The van der Waals surface area contributed by atoms with E-state index < -0.39 is 16.0 Å². The Morgan fingerprint density at radius 2 is 1.30 bits per heavy atom. The molecular formula is C36H34Cl3NO5S. The SMILES string of the molecule is CC1(C)CC(=O)C2=C(C1)N(Cc1ccccc1)C1=C(C(=O)CC(C)(C)C1)C2c1cc(Cl)cc(Cl)c1OS(=O)(=O)c1ccc(Cl)cc1. The molecule has 1 aliphatic heterocycles. The number of benzene rings is 3. The van der Waals surface area contributed by atoms with Gasteiger partial charge in [-0.05, 0) is 65.6 Å². The topological polar surface area (TPSA) is 80.8 Å². The molecule has 3 aromatic carbocycles. The van der Waals surface area contributed by atoms with Crippen LogP contribution < -0.4 is 4.18 Å². The van der Waals surface area contributed by atoms with Crippen LogP contribution in [0.25, 0.3) is 0 Å². The number of carbonyl (C=O) groups is 2. The smallest absolute Gasteiger partial charge is 0.339 e. The molecule has 2 aliphatic carbocycles. The summed E-state index contributed by atoms with van der Waals surface area (Å²) >= 11 is 19.3. The monoisotopic (exact) mass is 697 g/mol. The summed E-state index contributed by atoms with van der Waals surface area (Å²) in [6.45, 7) is 8.73. The van der Waals surface area contributed by atoms with Crippen LogP contribution in [0.5, 0.6) is 5.75 Å². The third kappa shape index (κ3) is 6.27. The van der Waals surface area contributed by atoms with E-state index >= 15 is 0 Å². The van der Waals surface area contributed by atoms with Gasteiger partial charge in [0.25, 0.3) is 0 Å². The van der Waals surface area contributed by atoms with Gasteiger partial charge in [0.05, 0.1) is 5.02 Å². The molecule has 1 heterocycles. The zero-order valence-electron chi connectivity index (χ0n) is 26.0. The molecule has 0 N–H and O–H groups in total. The highest BCUT2D eigenvalue weighted by atomic mass is 35.5. The van der Waals surface area contributed by atoms with Gasteiger partial charge in [0, 0.05) is 63.5 Å². The van der Waals surface area contributed by atoms with Crippen LogP contribution in [0.3, 0.4) is 0 Å². The third-order valence-electron chi connectivity index (χ3n) is 8.85. The van der Waals surface area contributed by atoms with Crippen LogP contribution in [-0.4, -0.2) is 24.9 Å². The van der Waals surface area contributed by atoms with E-state index in [1.165, 1.54) is 30.3 Å². The summed E-state index contributed by atoms with van der Waals surface area (Å²) in [5.41, 5.74) is 3.16. The van der Waals surface area contributed by atoms with E-state index in [2.05, 4.69) is 32.6 Å².